The van der Waals surface area contributed by atoms with Gasteiger partial charge in [-0.25, -0.2) is 0 Å². The van der Waals surface area contributed by atoms with Crippen molar-refractivity contribution in [3.8, 4) is 5.75 Å². The molecule has 0 unspecified atom stereocenters. The summed E-state index contributed by atoms with van der Waals surface area (Å²) in [6, 6.07) is 4.66. The van der Waals surface area contributed by atoms with Crippen molar-refractivity contribution in [2.75, 3.05) is 6.54 Å². The van der Waals surface area contributed by atoms with Crippen LogP contribution in [0.1, 0.15) is 19.4 Å². The van der Waals surface area contributed by atoms with Crippen molar-refractivity contribution in [2.45, 2.75) is 26.4 Å². The van der Waals surface area contributed by atoms with Crippen LogP contribution >= 0.6 is 0 Å². The van der Waals surface area contributed by atoms with Crippen LogP contribution in [-0.4, -0.2) is 29.6 Å². The van der Waals surface area contributed by atoms with Crippen LogP contribution < -0.4 is 5.32 Å². The molecule has 1 atom stereocenters. The quantitative estimate of drug-likeness (QED) is 0.819. The van der Waals surface area contributed by atoms with Gasteiger partial charge in [-0.15, -0.1) is 0 Å². The smallest absolute Gasteiger partial charge is 0.311 e. The molecule has 6 heteroatoms. The highest BCUT2D eigenvalue weighted by Gasteiger charge is 2.18. The zero-order valence-electron chi connectivity index (χ0n) is 11.9. The van der Waals surface area contributed by atoms with Gasteiger partial charge in [-0.05, 0) is 26.0 Å². The van der Waals surface area contributed by atoms with Crippen LogP contribution in [0.25, 0.3) is 11.0 Å². The lowest BCUT2D eigenvalue weighted by molar-refractivity contribution is -0.154. The van der Waals surface area contributed by atoms with E-state index >= 15 is 0 Å². The molecule has 1 aromatic heterocycles. The van der Waals surface area contributed by atoms with Gasteiger partial charge in [0, 0.05) is 23.6 Å². The first-order valence-electron chi connectivity index (χ1n) is 6.67. The Morgan fingerprint density at radius 1 is 1.43 bits per heavy atom. The fourth-order valence-corrected chi connectivity index (χ4v) is 1.97. The molecule has 0 fully saturated rings. The molecule has 2 rings (SSSR count). The van der Waals surface area contributed by atoms with E-state index in [4.69, 9.17) is 9.15 Å². The van der Waals surface area contributed by atoms with Crippen molar-refractivity contribution in [3.63, 3.8) is 0 Å². The first-order chi connectivity index (χ1) is 10.0. The maximum Gasteiger partial charge on any atom is 0.311 e. The fourth-order valence-electron chi connectivity index (χ4n) is 1.97. The summed E-state index contributed by atoms with van der Waals surface area (Å²) in [5.41, 5.74) is 1.15. The third kappa shape index (κ3) is 3.53. The lowest BCUT2D eigenvalue weighted by Gasteiger charge is -2.12. The van der Waals surface area contributed by atoms with E-state index in [2.05, 4.69) is 5.32 Å². The first kappa shape index (κ1) is 14.9. The van der Waals surface area contributed by atoms with E-state index in [-0.39, 0.29) is 18.1 Å². The van der Waals surface area contributed by atoms with E-state index in [1.807, 2.05) is 0 Å². The summed E-state index contributed by atoms with van der Waals surface area (Å²) in [5.74, 6) is -0.742. The third-order valence-electron chi connectivity index (χ3n) is 3.00. The Morgan fingerprint density at radius 2 is 2.19 bits per heavy atom. The van der Waals surface area contributed by atoms with E-state index in [1.165, 1.54) is 25.3 Å². The van der Waals surface area contributed by atoms with Gasteiger partial charge in [-0.1, -0.05) is 0 Å². The molecule has 112 valence electrons. The number of esters is 1. The molecule has 0 radical (unpaired) electrons. The Morgan fingerprint density at radius 3 is 2.90 bits per heavy atom. The zero-order valence-corrected chi connectivity index (χ0v) is 11.9. The number of likely N-dealkylation sites (N-methyl/N-ethyl adjacent to an activating group) is 1. The van der Waals surface area contributed by atoms with Gasteiger partial charge in [-0.2, -0.15) is 0 Å². The summed E-state index contributed by atoms with van der Waals surface area (Å²) >= 11 is 0. The van der Waals surface area contributed by atoms with Crippen molar-refractivity contribution in [3.05, 3.63) is 30.0 Å². The second kappa shape index (κ2) is 6.30. The number of phenolic OH excluding ortho intramolecular Hbond substituents is 1. The molecule has 21 heavy (non-hydrogen) atoms. The number of carbonyl (C=O) groups excluding carboxylic acids is 2. The highest BCUT2D eigenvalue weighted by Crippen LogP contribution is 2.25. The van der Waals surface area contributed by atoms with Gasteiger partial charge in [0.15, 0.2) is 6.10 Å². The number of aromatic hydroxyl groups is 1. The number of nitrogens with one attached hydrogen (secondary N) is 1. The molecule has 0 aliphatic carbocycles. The van der Waals surface area contributed by atoms with Crippen LogP contribution in [0.15, 0.2) is 28.9 Å². The maximum absolute atomic E-state index is 11.8. The number of benzene rings is 1. The largest absolute Gasteiger partial charge is 0.508 e. The second-order valence-corrected chi connectivity index (χ2v) is 4.64. The molecule has 2 N–H and O–H groups in total. The normalized spacial score (nSPS) is 12.1. The van der Waals surface area contributed by atoms with E-state index < -0.39 is 12.1 Å². The molecule has 0 saturated carbocycles. The number of rotatable bonds is 5. The van der Waals surface area contributed by atoms with Crippen LogP contribution in [0.4, 0.5) is 0 Å². The monoisotopic (exact) mass is 291 g/mol. The molecule has 1 heterocycles. The minimum absolute atomic E-state index is 0.00151. The van der Waals surface area contributed by atoms with E-state index in [9.17, 15) is 14.7 Å². The highest BCUT2D eigenvalue weighted by molar-refractivity contribution is 5.88. The van der Waals surface area contributed by atoms with Crippen molar-refractivity contribution in [1.82, 2.24) is 5.32 Å². The molecule has 0 aliphatic heterocycles. The van der Waals surface area contributed by atoms with Gasteiger partial charge in [0.05, 0.1) is 12.7 Å². The Hall–Kier alpha value is -2.50. The minimum atomic E-state index is -0.834. The number of ether oxygens (including phenoxy) is 1. The molecule has 6 nitrogen and oxygen atoms in total. The Labute approximate surface area is 121 Å². The zero-order chi connectivity index (χ0) is 15.4. The molecular weight excluding hydrogens is 274 g/mol. The van der Waals surface area contributed by atoms with Crippen LogP contribution in [0, 0.1) is 0 Å². The van der Waals surface area contributed by atoms with E-state index in [0.29, 0.717) is 17.7 Å². The number of fused-ring (bicyclic) bond motifs is 1. The predicted molar refractivity (Wildman–Crippen MR) is 75.8 cm³/mol. The highest BCUT2D eigenvalue weighted by atomic mass is 16.5. The van der Waals surface area contributed by atoms with Crippen molar-refractivity contribution < 1.29 is 23.8 Å². The van der Waals surface area contributed by atoms with Crippen LogP contribution in [0.5, 0.6) is 5.75 Å². The average Bonchev–Trinajstić information content (AvgIpc) is 2.81. The molecule has 2 aromatic rings. The van der Waals surface area contributed by atoms with Gasteiger partial charge >= 0.3 is 5.97 Å². The number of furan rings is 1. The van der Waals surface area contributed by atoms with Gasteiger partial charge in [0.1, 0.15) is 11.3 Å². The molecule has 0 saturated heterocycles. The summed E-state index contributed by atoms with van der Waals surface area (Å²) in [4.78, 5) is 23.3. The van der Waals surface area contributed by atoms with Crippen molar-refractivity contribution >= 4 is 22.8 Å². The maximum atomic E-state index is 11.8. The SMILES string of the molecule is CCNC(=O)[C@H](C)OC(=O)Cc1coc2cc(O)ccc12. The van der Waals surface area contributed by atoms with E-state index in [0.717, 1.165) is 5.39 Å². The number of hydrogen-bond donors (Lipinski definition) is 2. The van der Waals surface area contributed by atoms with Crippen LogP contribution in [0.2, 0.25) is 0 Å². The summed E-state index contributed by atoms with van der Waals surface area (Å²) < 4.78 is 10.3. The molecule has 0 bridgehead atoms. The first-order valence-corrected chi connectivity index (χ1v) is 6.67. The van der Waals surface area contributed by atoms with Gasteiger partial charge in [0.25, 0.3) is 5.91 Å². The number of carbonyl (C=O) groups is 2. The number of amides is 1. The molecule has 0 spiro atoms. The third-order valence-corrected chi connectivity index (χ3v) is 3.00. The molecule has 1 aromatic carbocycles. The van der Waals surface area contributed by atoms with Crippen molar-refractivity contribution in [1.29, 1.82) is 0 Å². The topological polar surface area (TPSA) is 88.8 Å². The summed E-state index contributed by atoms with van der Waals surface area (Å²) in [6.07, 6.45) is 0.614. The van der Waals surface area contributed by atoms with Gasteiger partial charge < -0.3 is 19.6 Å². The Kier molecular flexibility index (Phi) is 4.47. The molecule has 0 aliphatic rings. The minimum Gasteiger partial charge on any atom is -0.508 e. The lowest BCUT2D eigenvalue weighted by Crippen LogP contribution is -2.35. The number of hydrogen-bond acceptors (Lipinski definition) is 5. The van der Waals surface area contributed by atoms with Gasteiger partial charge in [0.2, 0.25) is 0 Å². The molecular formula is C15H17NO5. The predicted octanol–water partition coefficient (Wildman–Crippen LogP) is 1.75. The second-order valence-electron chi connectivity index (χ2n) is 4.64. The summed E-state index contributed by atoms with van der Waals surface area (Å²) in [5, 5.41) is 12.7. The summed E-state index contributed by atoms with van der Waals surface area (Å²) in [6.45, 7) is 3.80. The van der Waals surface area contributed by atoms with Gasteiger partial charge in [-0.3, -0.25) is 9.59 Å². The van der Waals surface area contributed by atoms with E-state index in [1.54, 1.807) is 13.0 Å². The van der Waals surface area contributed by atoms with Crippen molar-refractivity contribution in [2.24, 2.45) is 0 Å². The van der Waals surface area contributed by atoms with Crippen LogP contribution in [-0.2, 0) is 20.7 Å². The lowest BCUT2D eigenvalue weighted by atomic mass is 10.1. The van der Waals surface area contributed by atoms with Crippen LogP contribution in [0.3, 0.4) is 0 Å². The summed E-state index contributed by atoms with van der Waals surface area (Å²) in [7, 11) is 0. The average molecular weight is 291 g/mol. The number of phenols is 1. The Balaban J connectivity index is 2.03. The Bertz CT molecular complexity index is 661. The molecule has 1 amide bonds. The standard InChI is InChI=1S/C15H17NO5/c1-3-16-15(19)9(2)21-14(18)6-10-8-20-13-7-11(17)4-5-12(10)13/h4-5,7-9,17H,3,6H2,1-2H3,(H,16,19)/t9-/m0/s1. The fraction of sp³-hybridized carbons (Fsp3) is 0.333.